The minimum absolute atomic E-state index is 0.164. The number of carbonyl (C=O) groups is 2. The highest BCUT2D eigenvalue weighted by molar-refractivity contribution is 8.18. The van der Waals surface area contributed by atoms with E-state index in [1.807, 2.05) is 66.9 Å². The summed E-state index contributed by atoms with van der Waals surface area (Å²) in [6.07, 6.45) is 3.86. The van der Waals surface area contributed by atoms with Gasteiger partial charge in [-0.1, -0.05) is 78.3 Å². The van der Waals surface area contributed by atoms with E-state index >= 15 is 0 Å². The first-order valence-corrected chi connectivity index (χ1v) is 11.4. The highest BCUT2D eigenvalue weighted by Crippen LogP contribution is 2.35. The number of rotatable bonds is 5. The molecule has 0 radical (unpaired) electrons. The van der Waals surface area contributed by atoms with Gasteiger partial charge in [-0.05, 0) is 41.1 Å². The molecule has 0 unspecified atom stereocenters. The maximum Gasteiger partial charge on any atom is 0.293 e. The molecule has 2 amide bonds. The van der Waals surface area contributed by atoms with E-state index in [4.69, 9.17) is 11.6 Å². The predicted octanol–water partition coefficient (Wildman–Crippen LogP) is 6.58. The molecule has 2 heterocycles. The summed E-state index contributed by atoms with van der Waals surface area (Å²) in [7, 11) is 0. The number of imide groups is 1. The molecule has 6 heteroatoms. The first-order valence-electron chi connectivity index (χ1n) is 10.2. The standard InChI is InChI=1S/C26H19ClN2O2S/c27-22-12-6-4-10-19(22)17-29-25(30)24(32-26(29)31)14-20-16-28(15-18-8-2-1-3-9-18)23-13-7-5-11-21(20)23/h1-14,16H,15,17H2/b24-14-. The number of para-hydroxylation sites is 1. The number of hydrogen-bond acceptors (Lipinski definition) is 3. The fourth-order valence-corrected chi connectivity index (χ4v) is 4.90. The van der Waals surface area contributed by atoms with E-state index in [1.165, 1.54) is 10.5 Å². The topological polar surface area (TPSA) is 42.3 Å². The van der Waals surface area contributed by atoms with Gasteiger partial charge in [0.05, 0.1) is 11.4 Å². The summed E-state index contributed by atoms with van der Waals surface area (Å²) in [6.45, 7) is 0.890. The van der Waals surface area contributed by atoms with Gasteiger partial charge in [0.1, 0.15) is 0 Å². The molecule has 32 heavy (non-hydrogen) atoms. The number of aromatic nitrogens is 1. The van der Waals surface area contributed by atoms with Crippen molar-refractivity contribution in [3.05, 3.63) is 112 Å². The van der Waals surface area contributed by atoms with E-state index in [0.29, 0.717) is 9.93 Å². The molecule has 0 bridgehead atoms. The zero-order chi connectivity index (χ0) is 22.1. The number of carbonyl (C=O) groups excluding carboxylic acids is 2. The van der Waals surface area contributed by atoms with Gasteiger partial charge in [-0.3, -0.25) is 14.5 Å². The number of benzene rings is 3. The zero-order valence-electron chi connectivity index (χ0n) is 17.1. The van der Waals surface area contributed by atoms with Gasteiger partial charge in [0.15, 0.2) is 0 Å². The van der Waals surface area contributed by atoms with Crippen LogP contribution in [0.3, 0.4) is 0 Å². The molecule has 5 rings (SSSR count). The van der Waals surface area contributed by atoms with E-state index in [0.717, 1.165) is 40.3 Å². The molecule has 1 fully saturated rings. The molecule has 4 aromatic rings. The summed E-state index contributed by atoms with van der Waals surface area (Å²) in [4.78, 5) is 27.3. The fraction of sp³-hybridized carbons (Fsp3) is 0.0769. The van der Waals surface area contributed by atoms with Crippen LogP contribution in [-0.2, 0) is 17.9 Å². The molecule has 0 aliphatic carbocycles. The van der Waals surface area contributed by atoms with Crippen LogP contribution in [0.5, 0.6) is 0 Å². The van der Waals surface area contributed by atoms with Crippen molar-refractivity contribution >= 4 is 51.5 Å². The second-order valence-electron chi connectivity index (χ2n) is 7.57. The average Bonchev–Trinajstić information content (AvgIpc) is 3.28. The van der Waals surface area contributed by atoms with Crippen molar-refractivity contribution < 1.29 is 9.59 Å². The second-order valence-corrected chi connectivity index (χ2v) is 8.97. The lowest BCUT2D eigenvalue weighted by molar-refractivity contribution is -0.123. The third-order valence-electron chi connectivity index (χ3n) is 5.46. The molecule has 0 saturated carbocycles. The van der Waals surface area contributed by atoms with Gasteiger partial charge in [-0.15, -0.1) is 0 Å². The van der Waals surface area contributed by atoms with Crippen LogP contribution in [0.1, 0.15) is 16.7 Å². The maximum absolute atomic E-state index is 13.0. The molecular formula is C26H19ClN2O2S. The van der Waals surface area contributed by atoms with Crippen LogP contribution >= 0.6 is 23.4 Å². The summed E-state index contributed by atoms with van der Waals surface area (Å²) in [5.74, 6) is -0.292. The van der Waals surface area contributed by atoms with Gasteiger partial charge < -0.3 is 4.57 Å². The number of hydrogen-bond donors (Lipinski definition) is 0. The van der Waals surface area contributed by atoms with Crippen LogP contribution in [0, 0.1) is 0 Å². The van der Waals surface area contributed by atoms with E-state index in [-0.39, 0.29) is 17.7 Å². The summed E-state index contributed by atoms with van der Waals surface area (Å²) < 4.78 is 2.17. The summed E-state index contributed by atoms with van der Waals surface area (Å²) >= 11 is 7.20. The Kier molecular flexibility index (Phi) is 5.60. The molecule has 0 N–H and O–H groups in total. The number of halogens is 1. The van der Waals surface area contributed by atoms with E-state index in [2.05, 4.69) is 22.8 Å². The third kappa shape index (κ3) is 3.97. The van der Waals surface area contributed by atoms with Crippen molar-refractivity contribution in [1.82, 2.24) is 9.47 Å². The zero-order valence-corrected chi connectivity index (χ0v) is 18.6. The number of fused-ring (bicyclic) bond motifs is 1. The number of thioether (sulfide) groups is 1. The molecule has 1 saturated heterocycles. The monoisotopic (exact) mass is 458 g/mol. The van der Waals surface area contributed by atoms with Crippen molar-refractivity contribution in [2.45, 2.75) is 13.1 Å². The lowest BCUT2D eigenvalue weighted by atomic mass is 10.1. The van der Waals surface area contributed by atoms with Crippen LogP contribution < -0.4 is 0 Å². The molecular weight excluding hydrogens is 440 g/mol. The van der Waals surface area contributed by atoms with Gasteiger partial charge in [0.2, 0.25) is 0 Å². The van der Waals surface area contributed by atoms with Gasteiger partial charge in [-0.25, -0.2) is 0 Å². The summed E-state index contributed by atoms with van der Waals surface area (Å²) in [5, 5.41) is 1.30. The summed E-state index contributed by atoms with van der Waals surface area (Å²) in [6, 6.07) is 25.6. The summed E-state index contributed by atoms with van der Waals surface area (Å²) in [5.41, 5.74) is 3.94. The van der Waals surface area contributed by atoms with E-state index in [9.17, 15) is 9.59 Å². The Morgan fingerprint density at radius 2 is 1.56 bits per heavy atom. The first kappa shape index (κ1) is 20.6. The molecule has 1 aliphatic rings. The van der Waals surface area contributed by atoms with Gasteiger partial charge >= 0.3 is 0 Å². The molecule has 0 atom stereocenters. The molecule has 1 aliphatic heterocycles. The van der Waals surface area contributed by atoms with Crippen LogP contribution in [0.15, 0.2) is 90.0 Å². The van der Waals surface area contributed by atoms with Crippen molar-refractivity contribution in [2.75, 3.05) is 0 Å². The van der Waals surface area contributed by atoms with Gasteiger partial charge in [-0.2, -0.15) is 0 Å². The second kappa shape index (κ2) is 8.69. The Labute approximate surface area is 195 Å². The van der Waals surface area contributed by atoms with Gasteiger partial charge in [0, 0.05) is 34.2 Å². The number of amides is 2. The lowest BCUT2D eigenvalue weighted by Gasteiger charge is -2.13. The minimum atomic E-state index is -0.292. The van der Waals surface area contributed by atoms with Crippen LogP contribution in [-0.4, -0.2) is 20.6 Å². The SMILES string of the molecule is O=C1S/C(=C\c2cn(Cc3ccccc3)c3ccccc23)C(=O)N1Cc1ccccc1Cl. The van der Waals surface area contributed by atoms with Gasteiger partial charge in [0.25, 0.3) is 11.1 Å². The third-order valence-corrected chi connectivity index (χ3v) is 6.74. The Hall–Kier alpha value is -3.28. The van der Waals surface area contributed by atoms with E-state index < -0.39 is 0 Å². The quantitative estimate of drug-likeness (QED) is 0.317. The van der Waals surface area contributed by atoms with Crippen molar-refractivity contribution in [3.8, 4) is 0 Å². The van der Waals surface area contributed by atoms with Crippen molar-refractivity contribution in [1.29, 1.82) is 0 Å². The van der Waals surface area contributed by atoms with E-state index in [1.54, 1.807) is 6.07 Å². The van der Waals surface area contributed by atoms with Crippen LogP contribution in [0.25, 0.3) is 17.0 Å². The Bertz CT molecular complexity index is 1360. The Balaban J connectivity index is 1.47. The van der Waals surface area contributed by atoms with Crippen LogP contribution in [0.4, 0.5) is 4.79 Å². The smallest absolute Gasteiger partial charge is 0.293 e. The lowest BCUT2D eigenvalue weighted by Crippen LogP contribution is -2.27. The first-order chi connectivity index (χ1) is 15.6. The largest absolute Gasteiger partial charge is 0.342 e. The minimum Gasteiger partial charge on any atom is -0.342 e. The molecule has 4 nitrogen and oxygen atoms in total. The Morgan fingerprint density at radius 1 is 0.844 bits per heavy atom. The van der Waals surface area contributed by atoms with Crippen molar-refractivity contribution in [2.24, 2.45) is 0 Å². The van der Waals surface area contributed by atoms with Crippen LogP contribution in [0.2, 0.25) is 5.02 Å². The maximum atomic E-state index is 13.0. The predicted molar refractivity (Wildman–Crippen MR) is 130 cm³/mol. The number of nitrogens with zero attached hydrogens (tertiary/aromatic N) is 2. The van der Waals surface area contributed by atoms with Crippen molar-refractivity contribution in [3.63, 3.8) is 0 Å². The Morgan fingerprint density at radius 3 is 2.38 bits per heavy atom. The molecule has 1 aromatic heterocycles. The fourth-order valence-electron chi connectivity index (χ4n) is 3.88. The normalized spacial score (nSPS) is 15.3. The molecule has 158 valence electrons. The average molecular weight is 459 g/mol. The highest BCUT2D eigenvalue weighted by atomic mass is 35.5. The molecule has 3 aromatic carbocycles. The highest BCUT2D eigenvalue weighted by Gasteiger charge is 2.35. The molecule has 0 spiro atoms.